The fourth-order valence-electron chi connectivity index (χ4n) is 1.77. The van der Waals surface area contributed by atoms with Crippen molar-refractivity contribution in [1.82, 2.24) is 9.97 Å². The summed E-state index contributed by atoms with van der Waals surface area (Å²) in [6, 6.07) is 0.00580. The predicted molar refractivity (Wildman–Crippen MR) is 70.4 cm³/mol. The molecule has 1 unspecified atom stereocenters. The van der Waals surface area contributed by atoms with E-state index >= 15 is 0 Å². The Kier molecular flexibility index (Phi) is 5.65. The van der Waals surface area contributed by atoms with E-state index in [0.717, 1.165) is 24.2 Å². The summed E-state index contributed by atoms with van der Waals surface area (Å²) < 4.78 is 0. The van der Waals surface area contributed by atoms with Crippen molar-refractivity contribution >= 4 is 17.4 Å². The number of anilines is 1. The SMILES string of the molecule is CCc1c(Cl)ncnc1NC(CO)CC(C)C. The van der Waals surface area contributed by atoms with Gasteiger partial charge in [0.1, 0.15) is 17.3 Å². The lowest BCUT2D eigenvalue weighted by Gasteiger charge is -2.20. The normalized spacial score (nSPS) is 12.8. The van der Waals surface area contributed by atoms with E-state index in [4.69, 9.17) is 11.6 Å². The Morgan fingerprint density at radius 3 is 2.65 bits per heavy atom. The summed E-state index contributed by atoms with van der Waals surface area (Å²) >= 11 is 6.01. The number of nitrogens with one attached hydrogen (secondary N) is 1. The van der Waals surface area contributed by atoms with Gasteiger partial charge in [-0.05, 0) is 18.8 Å². The van der Waals surface area contributed by atoms with E-state index in [1.54, 1.807) is 0 Å². The maximum atomic E-state index is 9.33. The van der Waals surface area contributed by atoms with E-state index < -0.39 is 0 Å². The minimum Gasteiger partial charge on any atom is -0.394 e. The first-order chi connectivity index (χ1) is 8.08. The van der Waals surface area contributed by atoms with Crippen molar-refractivity contribution in [3.8, 4) is 0 Å². The summed E-state index contributed by atoms with van der Waals surface area (Å²) in [4.78, 5) is 8.14. The highest BCUT2D eigenvalue weighted by Crippen LogP contribution is 2.21. The molecule has 0 aliphatic heterocycles. The van der Waals surface area contributed by atoms with E-state index in [-0.39, 0.29) is 12.6 Å². The van der Waals surface area contributed by atoms with E-state index in [0.29, 0.717) is 11.1 Å². The zero-order chi connectivity index (χ0) is 12.8. The van der Waals surface area contributed by atoms with Gasteiger partial charge in [-0.3, -0.25) is 0 Å². The van der Waals surface area contributed by atoms with Crippen LogP contribution in [0.5, 0.6) is 0 Å². The van der Waals surface area contributed by atoms with Crippen LogP contribution >= 0.6 is 11.6 Å². The van der Waals surface area contributed by atoms with Gasteiger partial charge in [0.2, 0.25) is 0 Å². The van der Waals surface area contributed by atoms with Crippen LogP contribution in [0.4, 0.5) is 5.82 Å². The van der Waals surface area contributed by atoms with Gasteiger partial charge in [-0.1, -0.05) is 32.4 Å². The lowest BCUT2D eigenvalue weighted by Crippen LogP contribution is -2.26. The molecule has 0 saturated carbocycles. The maximum absolute atomic E-state index is 9.33. The second-order valence-corrected chi connectivity index (χ2v) is 4.86. The van der Waals surface area contributed by atoms with Crippen LogP contribution < -0.4 is 5.32 Å². The summed E-state index contributed by atoms with van der Waals surface area (Å²) in [6.45, 7) is 6.34. The Morgan fingerprint density at radius 1 is 1.41 bits per heavy atom. The summed E-state index contributed by atoms with van der Waals surface area (Å²) in [7, 11) is 0. The highest BCUT2D eigenvalue weighted by atomic mass is 35.5. The van der Waals surface area contributed by atoms with Gasteiger partial charge in [-0.2, -0.15) is 0 Å². The Morgan fingerprint density at radius 2 is 2.12 bits per heavy atom. The van der Waals surface area contributed by atoms with Crippen molar-refractivity contribution in [3.63, 3.8) is 0 Å². The number of rotatable bonds is 6. The molecule has 0 aliphatic rings. The van der Waals surface area contributed by atoms with E-state index in [9.17, 15) is 5.11 Å². The van der Waals surface area contributed by atoms with Gasteiger partial charge in [-0.25, -0.2) is 9.97 Å². The molecule has 0 aromatic carbocycles. The van der Waals surface area contributed by atoms with E-state index in [2.05, 4.69) is 29.1 Å². The average molecular weight is 258 g/mol. The van der Waals surface area contributed by atoms with Crippen LogP contribution in [0.2, 0.25) is 5.15 Å². The van der Waals surface area contributed by atoms with Crippen LogP contribution in [-0.4, -0.2) is 27.7 Å². The number of aromatic nitrogens is 2. The number of hydrogen-bond acceptors (Lipinski definition) is 4. The molecule has 4 nitrogen and oxygen atoms in total. The number of halogens is 1. The molecule has 1 atom stereocenters. The Labute approximate surface area is 107 Å². The topological polar surface area (TPSA) is 58.0 Å². The highest BCUT2D eigenvalue weighted by molar-refractivity contribution is 6.30. The van der Waals surface area contributed by atoms with E-state index in [1.807, 2.05) is 6.92 Å². The van der Waals surface area contributed by atoms with Crippen LogP contribution in [0.15, 0.2) is 6.33 Å². The molecule has 0 fully saturated rings. The molecular formula is C12H20ClN3O. The lowest BCUT2D eigenvalue weighted by atomic mass is 10.0. The lowest BCUT2D eigenvalue weighted by molar-refractivity contribution is 0.259. The molecule has 0 spiro atoms. The zero-order valence-corrected chi connectivity index (χ0v) is 11.3. The monoisotopic (exact) mass is 257 g/mol. The average Bonchev–Trinajstić information content (AvgIpc) is 2.28. The Hall–Kier alpha value is -0.870. The first-order valence-electron chi connectivity index (χ1n) is 5.95. The third-order valence-electron chi connectivity index (χ3n) is 2.56. The number of nitrogens with zero attached hydrogens (tertiary/aromatic N) is 2. The van der Waals surface area contributed by atoms with Crippen molar-refractivity contribution in [2.24, 2.45) is 5.92 Å². The fourth-order valence-corrected chi connectivity index (χ4v) is 2.04. The highest BCUT2D eigenvalue weighted by Gasteiger charge is 2.14. The molecule has 1 aromatic rings. The molecule has 0 amide bonds. The summed E-state index contributed by atoms with van der Waals surface area (Å²) in [5.41, 5.74) is 0.899. The van der Waals surface area contributed by atoms with Crippen molar-refractivity contribution in [3.05, 3.63) is 17.0 Å². The van der Waals surface area contributed by atoms with Crippen molar-refractivity contribution in [2.45, 2.75) is 39.7 Å². The summed E-state index contributed by atoms with van der Waals surface area (Å²) in [6.07, 6.45) is 3.09. The number of aliphatic hydroxyl groups excluding tert-OH is 1. The Bertz CT molecular complexity index is 358. The second kappa shape index (κ2) is 6.77. The number of hydrogen-bond donors (Lipinski definition) is 2. The summed E-state index contributed by atoms with van der Waals surface area (Å²) in [5.74, 6) is 1.24. The molecule has 2 N–H and O–H groups in total. The van der Waals surface area contributed by atoms with Crippen molar-refractivity contribution in [1.29, 1.82) is 0 Å². The summed E-state index contributed by atoms with van der Waals surface area (Å²) in [5, 5.41) is 13.0. The van der Waals surface area contributed by atoms with Gasteiger partial charge in [0.25, 0.3) is 0 Å². The minimum absolute atomic E-state index is 0.00580. The van der Waals surface area contributed by atoms with Gasteiger partial charge in [-0.15, -0.1) is 0 Å². The molecule has 0 bridgehead atoms. The predicted octanol–water partition coefficient (Wildman–Crippen LogP) is 2.51. The molecule has 5 heteroatoms. The fraction of sp³-hybridized carbons (Fsp3) is 0.667. The van der Waals surface area contributed by atoms with Crippen LogP contribution in [-0.2, 0) is 6.42 Å². The molecule has 17 heavy (non-hydrogen) atoms. The molecule has 1 aromatic heterocycles. The molecule has 0 saturated heterocycles. The van der Waals surface area contributed by atoms with Crippen LogP contribution in [0, 0.1) is 5.92 Å². The zero-order valence-electron chi connectivity index (χ0n) is 10.6. The Balaban J connectivity index is 2.82. The molecule has 0 aliphatic carbocycles. The van der Waals surface area contributed by atoms with Gasteiger partial charge >= 0.3 is 0 Å². The molecule has 1 heterocycles. The second-order valence-electron chi connectivity index (χ2n) is 4.50. The quantitative estimate of drug-likeness (QED) is 0.769. The van der Waals surface area contributed by atoms with E-state index in [1.165, 1.54) is 6.33 Å². The largest absolute Gasteiger partial charge is 0.394 e. The van der Waals surface area contributed by atoms with Gasteiger partial charge in [0.05, 0.1) is 12.6 Å². The maximum Gasteiger partial charge on any atom is 0.137 e. The van der Waals surface area contributed by atoms with Crippen LogP contribution in [0.3, 0.4) is 0 Å². The number of aliphatic hydroxyl groups is 1. The third-order valence-corrected chi connectivity index (χ3v) is 2.89. The van der Waals surface area contributed by atoms with Crippen molar-refractivity contribution in [2.75, 3.05) is 11.9 Å². The molecule has 0 radical (unpaired) electrons. The smallest absolute Gasteiger partial charge is 0.137 e. The van der Waals surface area contributed by atoms with Gasteiger partial charge in [0, 0.05) is 5.56 Å². The third kappa shape index (κ3) is 4.13. The first-order valence-corrected chi connectivity index (χ1v) is 6.33. The molecule has 1 rings (SSSR count). The van der Waals surface area contributed by atoms with Crippen molar-refractivity contribution < 1.29 is 5.11 Å². The standard InChI is InChI=1S/C12H20ClN3O/c1-4-10-11(13)14-7-15-12(10)16-9(6-17)5-8(2)3/h7-9,17H,4-6H2,1-3H3,(H,14,15,16). The molecule has 96 valence electrons. The minimum atomic E-state index is 0.00580. The molecular weight excluding hydrogens is 238 g/mol. The first kappa shape index (κ1) is 14.2. The van der Waals surface area contributed by atoms with Gasteiger partial charge in [0.15, 0.2) is 0 Å². The van der Waals surface area contributed by atoms with Crippen LogP contribution in [0.25, 0.3) is 0 Å². The van der Waals surface area contributed by atoms with Gasteiger partial charge < -0.3 is 10.4 Å². The van der Waals surface area contributed by atoms with Crippen LogP contribution in [0.1, 0.15) is 32.8 Å².